The van der Waals surface area contributed by atoms with Gasteiger partial charge < -0.3 is 5.73 Å². The van der Waals surface area contributed by atoms with Crippen LogP contribution in [0.5, 0.6) is 0 Å². The summed E-state index contributed by atoms with van der Waals surface area (Å²) in [6, 6.07) is 10.2. The molecular formula is C12H17N. The van der Waals surface area contributed by atoms with Crippen LogP contribution in [0.3, 0.4) is 0 Å². The molecule has 1 nitrogen and oxygen atoms in total. The highest BCUT2D eigenvalue weighted by molar-refractivity contribution is 5.67. The van der Waals surface area contributed by atoms with E-state index >= 15 is 0 Å². The fraction of sp³-hybridized carbons (Fsp3) is 0.333. The Labute approximate surface area is 80.3 Å². The van der Waals surface area contributed by atoms with Crippen LogP contribution < -0.4 is 5.73 Å². The van der Waals surface area contributed by atoms with E-state index in [1.807, 2.05) is 30.3 Å². The SMILES string of the molecule is C=C(c1ccccc1)[C@@H](N)C(C)C. The Bertz CT molecular complexity index is 274. The number of benzene rings is 1. The van der Waals surface area contributed by atoms with Gasteiger partial charge in [0.2, 0.25) is 0 Å². The standard InChI is InChI=1S/C12H17N/c1-9(2)12(13)10(3)11-7-5-4-6-8-11/h4-9,12H,3,13H2,1-2H3/t12-/m0/s1. The third-order valence-corrected chi connectivity index (χ3v) is 2.27. The van der Waals surface area contributed by atoms with Gasteiger partial charge in [-0.1, -0.05) is 50.8 Å². The maximum Gasteiger partial charge on any atom is 0.0318 e. The monoisotopic (exact) mass is 175 g/mol. The van der Waals surface area contributed by atoms with Gasteiger partial charge in [0.1, 0.15) is 0 Å². The second-order valence-corrected chi connectivity index (χ2v) is 3.66. The molecule has 0 bridgehead atoms. The Morgan fingerprint density at radius 2 is 1.77 bits per heavy atom. The van der Waals surface area contributed by atoms with Crippen LogP contribution >= 0.6 is 0 Å². The lowest BCUT2D eigenvalue weighted by Crippen LogP contribution is -2.27. The molecule has 0 amide bonds. The largest absolute Gasteiger partial charge is 0.324 e. The number of rotatable bonds is 3. The molecule has 13 heavy (non-hydrogen) atoms. The molecular weight excluding hydrogens is 158 g/mol. The highest BCUT2D eigenvalue weighted by Crippen LogP contribution is 2.18. The van der Waals surface area contributed by atoms with E-state index in [4.69, 9.17) is 5.73 Å². The zero-order chi connectivity index (χ0) is 9.84. The van der Waals surface area contributed by atoms with Gasteiger partial charge in [0.25, 0.3) is 0 Å². The van der Waals surface area contributed by atoms with E-state index in [1.165, 1.54) is 0 Å². The van der Waals surface area contributed by atoms with Gasteiger partial charge in [0.15, 0.2) is 0 Å². The average molecular weight is 175 g/mol. The first kappa shape index (κ1) is 10.0. The van der Waals surface area contributed by atoms with Crippen molar-refractivity contribution < 1.29 is 0 Å². The Balaban J connectivity index is 2.80. The second kappa shape index (κ2) is 4.24. The summed E-state index contributed by atoms with van der Waals surface area (Å²) in [6.45, 7) is 8.24. The lowest BCUT2D eigenvalue weighted by Gasteiger charge is -2.18. The van der Waals surface area contributed by atoms with Gasteiger partial charge in [-0.25, -0.2) is 0 Å². The minimum Gasteiger partial charge on any atom is -0.324 e. The molecule has 1 aromatic rings. The molecule has 1 atom stereocenters. The Morgan fingerprint density at radius 1 is 1.23 bits per heavy atom. The van der Waals surface area contributed by atoms with E-state index in [0.717, 1.165) is 11.1 Å². The minimum atomic E-state index is 0.0578. The van der Waals surface area contributed by atoms with E-state index in [2.05, 4.69) is 20.4 Å². The third kappa shape index (κ3) is 2.43. The predicted molar refractivity (Wildman–Crippen MR) is 58.3 cm³/mol. The molecule has 0 spiro atoms. The van der Waals surface area contributed by atoms with Crippen molar-refractivity contribution in [2.75, 3.05) is 0 Å². The van der Waals surface area contributed by atoms with Gasteiger partial charge in [0.05, 0.1) is 0 Å². The Hall–Kier alpha value is -1.08. The lowest BCUT2D eigenvalue weighted by atomic mass is 9.93. The molecule has 0 radical (unpaired) electrons. The molecule has 0 saturated carbocycles. The number of hydrogen-bond acceptors (Lipinski definition) is 1. The Kier molecular flexibility index (Phi) is 3.26. The molecule has 2 N–H and O–H groups in total. The summed E-state index contributed by atoms with van der Waals surface area (Å²) >= 11 is 0. The molecule has 0 aliphatic rings. The molecule has 1 rings (SSSR count). The summed E-state index contributed by atoms with van der Waals surface area (Å²) in [4.78, 5) is 0. The Morgan fingerprint density at radius 3 is 2.23 bits per heavy atom. The third-order valence-electron chi connectivity index (χ3n) is 2.27. The highest BCUT2D eigenvalue weighted by atomic mass is 14.6. The van der Waals surface area contributed by atoms with Crippen LogP contribution in [0.1, 0.15) is 19.4 Å². The van der Waals surface area contributed by atoms with Crippen LogP contribution in [0.2, 0.25) is 0 Å². The van der Waals surface area contributed by atoms with Crippen LogP contribution in [0.15, 0.2) is 36.9 Å². The van der Waals surface area contributed by atoms with Crippen molar-refractivity contribution in [2.45, 2.75) is 19.9 Å². The molecule has 0 saturated heterocycles. The van der Waals surface area contributed by atoms with Crippen molar-refractivity contribution >= 4 is 5.57 Å². The first-order chi connectivity index (χ1) is 6.13. The smallest absolute Gasteiger partial charge is 0.0318 e. The van der Waals surface area contributed by atoms with Gasteiger partial charge in [0, 0.05) is 6.04 Å². The van der Waals surface area contributed by atoms with Gasteiger partial charge in [-0.15, -0.1) is 0 Å². The molecule has 0 fully saturated rings. The number of nitrogens with two attached hydrogens (primary N) is 1. The van der Waals surface area contributed by atoms with E-state index in [-0.39, 0.29) is 6.04 Å². The average Bonchev–Trinajstić information content (AvgIpc) is 2.17. The van der Waals surface area contributed by atoms with Gasteiger partial charge in [-0.05, 0) is 17.1 Å². The van der Waals surface area contributed by atoms with Crippen molar-refractivity contribution in [1.82, 2.24) is 0 Å². The molecule has 1 aromatic carbocycles. The normalized spacial score (nSPS) is 12.9. The van der Waals surface area contributed by atoms with E-state index < -0.39 is 0 Å². The number of hydrogen-bond donors (Lipinski definition) is 1. The van der Waals surface area contributed by atoms with Crippen molar-refractivity contribution in [3.05, 3.63) is 42.5 Å². The second-order valence-electron chi connectivity index (χ2n) is 3.66. The van der Waals surface area contributed by atoms with Crippen molar-refractivity contribution in [2.24, 2.45) is 11.7 Å². The van der Waals surface area contributed by atoms with E-state index in [9.17, 15) is 0 Å². The molecule has 1 heteroatoms. The predicted octanol–water partition coefficient (Wildman–Crippen LogP) is 2.68. The highest BCUT2D eigenvalue weighted by Gasteiger charge is 2.12. The van der Waals surface area contributed by atoms with Crippen molar-refractivity contribution in [3.63, 3.8) is 0 Å². The quantitative estimate of drug-likeness (QED) is 0.751. The summed E-state index contributed by atoms with van der Waals surface area (Å²) < 4.78 is 0. The molecule has 0 heterocycles. The van der Waals surface area contributed by atoms with Gasteiger partial charge in [-0.2, -0.15) is 0 Å². The van der Waals surface area contributed by atoms with Crippen LogP contribution in [0.4, 0.5) is 0 Å². The zero-order valence-electron chi connectivity index (χ0n) is 8.33. The first-order valence-corrected chi connectivity index (χ1v) is 4.62. The molecule has 70 valence electrons. The van der Waals surface area contributed by atoms with Crippen molar-refractivity contribution in [1.29, 1.82) is 0 Å². The maximum atomic E-state index is 5.99. The van der Waals surface area contributed by atoms with E-state index in [0.29, 0.717) is 5.92 Å². The summed E-state index contributed by atoms with van der Waals surface area (Å²) in [5, 5.41) is 0. The lowest BCUT2D eigenvalue weighted by molar-refractivity contribution is 0.583. The van der Waals surface area contributed by atoms with Crippen molar-refractivity contribution in [3.8, 4) is 0 Å². The minimum absolute atomic E-state index is 0.0578. The summed E-state index contributed by atoms with van der Waals surface area (Å²) in [7, 11) is 0. The molecule has 0 aliphatic carbocycles. The fourth-order valence-corrected chi connectivity index (χ4v) is 1.25. The first-order valence-electron chi connectivity index (χ1n) is 4.62. The van der Waals surface area contributed by atoms with Gasteiger partial charge >= 0.3 is 0 Å². The maximum absolute atomic E-state index is 5.99. The molecule has 0 aromatic heterocycles. The van der Waals surface area contributed by atoms with Crippen LogP contribution in [-0.4, -0.2) is 6.04 Å². The summed E-state index contributed by atoms with van der Waals surface area (Å²) in [5.74, 6) is 0.438. The summed E-state index contributed by atoms with van der Waals surface area (Å²) in [5.41, 5.74) is 8.16. The topological polar surface area (TPSA) is 26.0 Å². The van der Waals surface area contributed by atoms with Crippen LogP contribution in [0.25, 0.3) is 5.57 Å². The fourth-order valence-electron chi connectivity index (χ4n) is 1.25. The van der Waals surface area contributed by atoms with E-state index in [1.54, 1.807) is 0 Å². The summed E-state index contributed by atoms with van der Waals surface area (Å²) in [6.07, 6.45) is 0. The zero-order valence-corrected chi connectivity index (χ0v) is 8.33. The van der Waals surface area contributed by atoms with Crippen LogP contribution in [0, 0.1) is 5.92 Å². The van der Waals surface area contributed by atoms with Gasteiger partial charge in [-0.3, -0.25) is 0 Å². The van der Waals surface area contributed by atoms with Crippen LogP contribution in [-0.2, 0) is 0 Å². The molecule has 0 aliphatic heterocycles. The molecule has 0 unspecified atom stereocenters.